The fourth-order valence-corrected chi connectivity index (χ4v) is 7.61. The minimum Gasteiger partial charge on any atom is -0.208 e. The van der Waals surface area contributed by atoms with E-state index in [1.54, 1.807) is 0 Å². The Bertz CT molecular complexity index is 2980. The largest absolute Gasteiger partial charge is 0.208 e. The molecule has 252 valence electrons. The van der Waals surface area contributed by atoms with E-state index in [4.69, 9.17) is 15.0 Å². The monoisotopic (exact) mass is 687 g/mol. The van der Waals surface area contributed by atoms with Gasteiger partial charge in [0.25, 0.3) is 0 Å². The maximum Gasteiger partial charge on any atom is 0.164 e. The summed E-state index contributed by atoms with van der Waals surface area (Å²) < 4.78 is 0. The molecule has 0 spiro atoms. The van der Waals surface area contributed by atoms with Crippen molar-refractivity contribution in [1.29, 1.82) is 0 Å². The van der Waals surface area contributed by atoms with Gasteiger partial charge in [-0.05, 0) is 77.8 Å². The third kappa shape index (κ3) is 5.78. The van der Waals surface area contributed by atoms with E-state index < -0.39 is 0 Å². The summed E-state index contributed by atoms with van der Waals surface area (Å²) in [5.41, 5.74) is 9.87. The van der Waals surface area contributed by atoms with Crippen molar-refractivity contribution in [3.8, 4) is 67.5 Å². The molecule has 0 atom stereocenters. The van der Waals surface area contributed by atoms with Crippen molar-refractivity contribution in [2.24, 2.45) is 0 Å². The standard InChI is InChI=1S/C51H33N3/c1-2-13-35(14-3-1)45-30-31-46(48-22-9-8-21-47(45)48)40-18-10-19-41(33-40)50-52-49(53-51(54-50)42-29-24-34-12-4-5-16-39(34)32-42)38-27-25-37(26-28-38)44-23-11-17-36-15-6-7-20-43(36)44/h1-33H. The molecule has 0 aliphatic heterocycles. The predicted octanol–water partition coefficient (Wildman–Crippen LogP) is 13.3. The van der Waals surface area contributed by atoms with Crippen LogP contribution in [-0.2, 0) is 0 Å². The molecule has 3 heteroatoms. The fraction of sp³-hybridized carbons (Fsp3) is 0. The van der Waals surface area contributed by atoms with E-state index in [-0.39, 0.29) is 0 Å². The first kappa shape index (κ1) is 31.5. The summed E-state index contributed by atoms with van der Waals surface area (Å²) >= 11 is 0. The van der Waals surface area contributed by atoms with Gasteiger partial charge < -0.3 is 0 Å². The van der Waals surface area contributed by atoms with E-state index in [0.29, 0.717) is 17.5 Å². The number of benzene rings is 9. The van der Waals surface area contributed by atoms with E-state index in [2.05, 4.69) is 200 Å². The number of nitrogens with zero attached hydrogens (tertiary/aromatic N) is 3. The van der Waals surface area contributed by atoms with Crippen LogP contribution in [0.5, 0.6) is 0 Å². The lowest BCUT2D eigenvalue weighted by Gasteiger charge is -2.13. The number of aromatic nitrogens is 3. The zero-order valence-electron chi connectivity index (χ0n) is 29.4. The van der Waals surface area contributed by atoms with Crippen LogP contribution in [0.2, 0.25) is 0 Å². The second kappa shape index (κ2) is 13.4. The van der Waals surface area contributed by atoms with Crippen LogP contribution in [0.15, 0.2) is 200 Å². The molecule has 1 aromatic heterocycles. The molecule has 54 heavy (non-hydrogen) atoms. The molecule has 9 aromatic carbocycles. The third-order valence-electron chi connectivity index (χ3n) is 10.3. The minimum absolute atomic E-state index is 0.633. The Balaban J connectivity index is 1.10. The topological polar surface area (TPSA) is 38.7 Å². The highest BCUT2D eigenvalue weighted by molar-refractivity contribution is 6.05. The molecule has 0 saturated heterocycles. The molecule has 0 amide bonds. The van der Waals surface area contributed by atoms with E-state index in [9.17, 15) is 0 Å². The molecule has 0 bridgehead atoms. The van der Waals surface area contributed by atoms with Crippen molar-refractivity contribution in [2.75, 3.05) is 0 Å². The average Bonchev–Trinajstić information content (AvgIpc) is 3.26. The second-order valence-corrected chi connectivity index (χ2v) is 13.6. The first-order valence-corrected chi connectivity index (χ1v) is 18.3. The minimum atomic E-state index is 0.633. The van der Waals surface area contributed by atoms with Crippen LogP contribution in [0.3, 0.4) is 0 Å². The summed E-state index contributed by atoms with van der Waals surface area (Å²) in [7, 11) is 0. The molecule has 1 heterocycles. The number of hydrogen-bond donors (Lipinski definition) is 0. The molecule has 10 rings (SSSR count). The predicted molar refractivity (Wildman–Crippen MR) is 225 cm³/mol. The van der Waals surface area contributed by atoms with Gasteiger partial charge in [-0.2, -0.15) is 0 Å². The number of hydrogen-bond acceptors (Lipinski definition) is 3. The van der Waals surface area contributed by atoms with Gasteiger partial charge in [0.05, 0.1) is 0 Å². The number of rotatable bonds is 6. The van der Waals surface area contributed by atoms with Crippen molar-refractivity contribution in [2.45, 2.75) is 0 Å². The van der Waals surface area contributed by atoms with Gasteiger partial charge in [-0.1, -0.05) is 188 Å². The second-order valence-electron chi connectivity index (χ2n) is 13.6. The lowest BCUT2D eigenvalue weighted by molar-refractivity contribution is 1.07. The Morgan fingerprint density at radius 1 is 0.222 bits per heavy atom. The van der Waals surface area contributed by atoms with Gasteiger partial charge in [0, 0.05) is 16.7 Å². The van der Waals surface area contributed by atoms with E-state index >= 15 is 0 Å². The Kier molecular flexibility index (Phi) is 7.81. The van der Waals surface area contributed by atoms with Crippen LogP contribution in [0.1, 0.15) is 0 Å². The van der Waals surface area contributed by atoms with Gasteiger partial charge in [0.15, 0.2) is 17.5 Å². The highest BCUT2D eigenvalue weighted by atomic mass is 15.0. The molecular formula is C51H33N3. The maximum absolute atomic E-state index is 5.14. The molecule has 10 aromatic rings. The highest BCUT2D eigenvalue weighted by Crippen LogP contribution is 2.37. The summed E-state index contributed by atoms with van der Waals surface area (Å²) in [6.07, 6.45) is 0. The van der Waals surface area contributed by atoms with Crippen molar-refractivity contribution in [3.05, 3.63) is 200 Å². The lowest BCUT2D eigenvalue weighted by Crippen LogP contribution is -2.00. The maximum atomic E-state index is 5.14. The molecular weight excluding hydrogens is 655 g/mol. The Labute approximate surface area is 313 Å². The van der Waals surface area contributed by atoms with Crippen molar-refractivity contribution in [3.63, 3.8) is 0 Å². The zero-order valence-corrected chi connectivity index (χ0v) is 29.4. The molecule has 3 nitrogen and oxygen atoms in total. The normalized spacial score (nSPS) is 11.3. The first-order valence-electron chi connectivity index (χ1n) is 18.3. The van der Waals surface area contributed by atoms with Crippen LogP contribution in [0.4, 0.5) is 0 Å². The summed E-state index contributed by atoms with van der Waals surface area (Å²) in [5.74, 6) is 1.91. The van der Waals surface area contributed by atoms with Crippen LogP contribution in [0.25, 0.3) is 99.9 Å². The van der Waals surface area contributed by atoms with E-state index in [1.165, 1.54) is 49.2 Å². The van der Waals surface area contributed by atoms with Gasteiger partial charge >= 0.3 is 0 Å². The van der Waals surface area contributed by atoms with Crippen LogP contribution in [-0.4, -0.2) is 15.0 Å². The molecule has 0 N–H and O–H groups in total. The third-order valence-corrected chi connectivity index (χ3v) is 10.3. The fourth-order valence-electron chi connectivity index (χ4n) is 7.61. The van der Waals surface area contributed by atoms with Gasteiger partial charge in [-0.15, -0.1) is 0 Å². The van der Waals surface area contributed by atoms with Gasteiger partial charge in [0.2, 0.25) is 0 Å². The van der Waals surface area contributed by atoms with E-state index in [0.717, 1.165) is 33.2 Å². The first-order chi connectivity index (χ1) is 26.7. The van der Waals surface area contributed by atoms with Crippen molar-refractivity contribution < 1.29 is 0 Å². The van der Waals surface area contributed by atoms with Crippen molar-refractivity contribution >= 4 is 32.3 Å². The highest BCUT2D eigenvalue weighted by Gasteiger charge is 2.16. The lowest BCUT2D eigenvalue weighted by atomic mass is 9.91. The Morgan fingerprint density at radius 2 is 0.667 bits per heavy atom. The Morgan fingerprint density at radius 3 is 1.41 bits per heavy atom. The van der Waals surface area contributed by atoms with E-state index in [1.807, 2.05) is 0 Å². The van der Waals surface area contributed by atoms with Gasteiger partial charge in [-0.25, -0.2) is 15.0 Å². The van der Waals surface area contributed by atoms with Crippen molar-refractivity contribution in [1.82, 2.24) is 15.0 Å². The van der Waals surface area contributed by atoms with Crippen LogP contribution >= 0.6 is 0 Å². The molecule has 0 fully saturated rings. The van der Waals surface area contributed by atoms with Crippen LogP contribution in [0, 0.1) is 0 Å². The zero-order chi connectivity index (χ0) is 35.8. The van der Waals surface area contributed by atoms with Crippen LogP contribution < -0.4 is 0 Å². The number of fused-ring (bicyclic) bond motifs is 3. The smallest absolute Gasteiger partial charge is 0.164 e. The Hall–Kier alpha value is -7.23. The molecule has 0 aliphatic rings. The summed E-state index contributed by atoms with van der Waals surface area (Å²) in [4.78, 5) is 15.4. The molecule has 0 saturated carbocycles. The van der Waals surface area contributed by atoms with Gasteiger partial charge in [-0.3, -0.25) is 0 Å². The van der Waals surface area contributed by atoms with Gasteiger partial charge in [0.1, 0.15) is 0 Å². The summed E-state index contributed by atoms with van der Waals surface area (Å²) in [6.45, 7) is 0. The molecule has 0 radical (unpaired) electrons. The quantitative estimate of drug-likeness (QED) is 0.175. The summed E-state index contributed by atoms with van der Waals surface area (Å²) in [6, 6.07) is 70.6. The SMILES string of the molecule is c1ccc(-c2ccc(-c3cccc(-c4nc(-c5ccc(-c6cccc7ccccc67)cc5)nc(-c5ccc6ccccc6c5)n4)c3)c3ccccc23)cc1. The average molecular weight is 688 g/mol. The molecule has 0 aliphatic carbocycles. The summed E-state index contributed by atoms with van der Waals surface area (Å²) in [5, 5.41) is 7.21. The molecule has 0 unspecified atom stereocenters.